The average Bonchev–Trinajstić information content (AvgIpc) is 2.45. The van der Waals surface area contributed by atoms with Crippen LogP contribution in [0.4, 0.5) is 0 Å². The van der Waals surface area contributed by atoms with Crippen LogP contribution < -0.4 is 0 Å². The van der Waals surface area contributed by atoms with Gasteiger partial charge in [0.15, 0.2) is 0 Å². The van der Waals surface area contributed by atoms with Crippen molar-refractivity contribution in [3.05, 3.63) is 42.0 Å². The molecule has 2 rings (SSSR count). The smallest absolute Gasteiger partial charge is 0.135 e. The van der Waals surface area contributed by atoms with E-state index in [9.17, 15) is 9.90 Å². The zero-order valence-corrected chi connectivity index (χ0v) is 12.0. The largest absolute Gasteiger partial charge is 0.388 e. The first-order valence-corrected chi connectivity index (χ1v) is 7.64. The van der Waals surface area contributed by atoms with E-state index >= 15 is 0 Å². The van der Waals surface area contributed by atoms with Gasteiger partial charge in [0.2, 0.25) is 0 Å². The molecule has 1 N–H and O–H groups in total. The summed E-state index contributed by atoms with van der Waals surface area (Å²) in [6, 6.07) is 12.1. The van der Waals surface area contributed by atoms with Crippen LogP contribution in [0.25, 0.3) is 10.8 Å². The van der Waals surface area contributed by atoms with Crippen LogP contribution in [0.1, 0.15) is 31.4 Å². The maximum atomic E-state index is 11.4. The number of ketones is 1. The summed E-state index contributed by atoms with van der Waals surface area (Å²) in [7, 11) is 0. The quantitative estimate of drug-likeness (QED) is 0.838. The van der Waals surface area contributed by atoms with E-state index in [0.717, 1.165) is 16.3 Å². The normalized spacial score (nSPS) is 12.6. The predicted molar refractivity (Wildman–Crippen MR) is 80.6 cm³/mol. The molecule has 19 heavy (non-hydrogen) atoms. The summed E-state index contributed by atoms with van der Waals surface area (Å²) in [5, 5.41) is 12.3. The first-order chi connectivity index (χ1) is 9.13. The van der Waals surface area contributed by atoms with Crippen LogP contribution in [0.2, 0.25) is 0 Å². The van der Waals surface area contributed by atoms with Crippen molar-refractivity contribution in [3.8, 4) is 0 Å². The number of hydrogen-bond donors (Lipinski definition) is 1. The molecular formula is C16H18O2S. The van der Waals surface area contributed by atoms with Crippen molar-refractivity contribution < 1.29 is 9.90 Å². The van der Waals surface area contributed by atoms with E-state index in [1.165, 1.54) is 4.90 Å². The predicted octanol–water partition coefficient (Wildman–Crippen LogP) is 3.96. The Kier molecular flexibility index (Phi) is 4.61. The van der Waals surface area contributed by atoms with E-state index in [0.29, 0.717) is 6.42 Å². The third-order valence-corrected chi connectivity index (χ3v) is 4.00. The fourth-order valence-corrected chi connectivity index (χ4v) is 2.50. The molecule has 0 amide bonds. The topological polar surface area (TPSA) is 37.3 Å². The number of carbonyl (C=O) groups is 1. The van der Waals surface area contributed by atoms with Crippen molar-refractivity contribution in [1.29, 1.82) is 0 Å². The van der Waals surface area contributed by atoms with Gasteiger partial charge in [-0.1, -0.05) is 25.1 Å². The monoisotopic (exact) mass is 274 g/mol. The van der Waals surface area contributed by atoms with Crippen LogP contribution in [0.5, 0.6) is 0 Å². The van der Waals surface area contributed by atoms with E-state index in [2.05, 4.69) is 24.5 Å². The van der Waals surface area contributed by atoms with Gasteiger partial charge >= 0.3 is 0 Å². The van der Waals surface area contributed by atoms with Crippen molar-refractivity contribution in [2.75, 3.05) is 6.26 Å². The summed E-state index contributed by atoms with van der Waals surface area (Å²) in [4.78, 5) is 12.6. The van der Waals surface area contributed by atoms with E-state index in [1.807, 2.05) is 25.1 Å². The number of hydrogen-bond acceptors (Lipinski definition) is 3. The van der Waals surface area contributed by atoms with E-state index in [1.54, 1.807) is 11.8 Å². The van der Waals surface area contributed by atoms with Crippen LogP contribution in [-0.4, -0.2) is 17.1 Å². The van der Waals surface area contributed by atoms with Crippen LogP contribution in [0.3, 0.4) is 0 Å². The molecule has 0 fully saturated rings. The molecule has 0 heterocycles. The lowest BCUT2D eigenvalue weighted by Gasteiger charge is -2.11. The number of aliphatic hydroxyl groups excluding tert-OH is 1. The van der Waals surface area contributed by atoms with Crippen LogP contribution in [0, 0.1) is 0 Å². The Hall–Kier alpha value is -1.32. The maximum absolute atomic E-state index is 11.4. The third kappa shape index (κ3) is 3.37. The van der Waals surface area contributed by atoms with Gasteiger partial charge in [-0.3, -0.25) is 4.79 Å². The molecule has 0 aliphatic rings. The SMILES string of the molecule is CCC(=O)CC(O)c1ccc2cc(SC)ccc2c1. The Labute approximate surface area is 117 Å². The van der Waals surface area contributed by atoms with Gasteiger partial charge in [-0.2, -0.15) is 0 Å². The highest BCUT2D eigenvalue weighted by Gasteiger charge is 2.12. The van der Waals surface area contributed by atoms with Gasteiger partial charge in [0.25, 0.3) is 0 Å². The van der Waals surface area contributed by atoms with Crippen LogP contribution in [-0.2, 0) is 4.79 Å². The summed E-state index contributed by atoms with van der Waals surface area (Å²) in [6.45, 7) is 1.82. The highest BCUT2D eigenvalue weighted by atomic mass is 32.2. The zero-order valence-electron chi connectivity index (χ0n) is 11.2. The Bertz CT molecular complexity index is 592. The molecule has 0 spiro atoms. The highest BCUT2D eigenvalue weighted by molar-refractivity contribution is 7.98. The van der Waals surface area contributed by atoms with Gasteiger partial charge in [-0.25, -0.2) is 0 Å². The van der Waals surface area contributed by atoms with Crippen LogP contribution >= 0.6 is 11.8 Å². The van der Waals surface area contributed by atoms with Crippen molar-refractivity contribution in [2.45, 2.75) is 30.8 Å². The Morgan fingerprint density at radius 1 is 1.21 bits per heavy atom. The van der Waals surface area contributed by atoms with Crippen molar-refractivity contribution in [2.24, 2.45) is 0 Å². The lowest BCUT2D eigenvalue weighted by molar-refractivity contribution is -0.120. The molecule has 0 aliphatic carbocycles. The highest BCUT2D eigenvalue weighted by Crippen LogP contribution is 2.26. The fourth-order valence-electron chi connectivity index (χ4n) is 2.05. The van der Waals surface area contributed by atoms with Gasteiger partial charge in [0.05, 0.1) is 6.10 Å². The summed E-state index contributed by atoms with van der Waals surface area (Å²) >= 11 is 1.71. The van der Waals surface area contributed by atoms with Crippen LogP contribution in [0.15, 0.2) is 41.3 Å². The second-order valence-corrected chi connectivity index (χ2v) is 5.46. The molecule has 0 aliphatic heterocycles. The molecular weight excluding hydrogens is 256 g/mol. The van der Waals surface area contributed by atoms with Gasteiger partial charge in [-0.05, 0) is 40.8 Å². The first-order valence-electron chi connectivity index (χ1n) is 6.41. The second kappa shape index (κ2) is 6.22. The summed E-state index contributed by atoms with van der Waals surface area (Å²) < 4.78 is 0. The number of Topliss-reactive ketones (excluding diaryl/α,β-unsaturated/α-hetero) is 1. The van der Waals surface area contributed by atoms with Crippen molar-refractivity contribution in [1.82, 2.24) is 0 Å². The summed E-state index contributed by atoms with van der Waals surface area (Å²) in [5.41, 5.74) is 0.811. The number of rotatable bonds is 5. The zero-order chi connectivity index (χ0) is 13.8. The van der Waals surface area contributed by atoms with Gasteiger partial charge in [-0.15, -0.1) is 11.8 Å². The molecule has 0 saturated carbocycles. The number of benzene rings is 2. The van der Waals surface area contributed by atoms with E-state index in [-0.39, 0.29) is 12.2 Å². The Balaban J connectivity index is 2.28. The Morgan fingerprint density at radius 3 is 2.58 bits per heavy atom. The molecule has 0 radical (unpaired) electrons. The minimum atomic E-state index is -0.697. The molecule has 0 aromatic heterocycles. The van der Waals surface area contributed by atoms with E-state index < -0.39 is 6.10 Å². The molecule has 0 saturated heterocycles. The number of aliphatic hydroxyl groups is 1. The van der Waals surface area contributed by atoms with Crippen molar-refractivity contribution in [3.63, 3.8) is 0 Å². The summed E-state index contributed by atoms with van der Waals surface area (Å²) in [5.74, 6) is 0.0883. The summed E-state index contributed by atoms with van der Waals surface area (Å²) in [6.07, 6.45) is 2.03. The third-order valence-electron chi connectivity index (χ3n) is 3.27. The standard InChI is InChI=1S/C16H18O2S/c1-3-14(17)10-16(18)13-5-4-12-9-15(19-2)7-6-11(12)8-13/h4-9,16,18H,3,10H2,1-2H3. The maximum Gasteiger partial charge on any atom is 0.135 e. The first kappa shape index (κ1) is 14.1. The number of thioether (sulfide) groups is 1. The molecule has 2 nitrogen and oxygen atoms in total. The fraction of sp³-hybridized carbons (Fsp3) is 0.312. The molecule has 1 unspecified atom stereocenters. The minimum absolute atomic E-state index is 0.0883. The van der Waals surface area contributed by atoms with Gasteiger partial charge < -0.3 is 5.11 Å². The van der Waals surface area contributed by atoms with Gasteiger partial charge in [0.1, 0.15) is 5.78 Å². The molecule has 3 heteroatoms. The van der Waals surface area contributed by atoms with E-state index in [4.69, 9.17) is 0 Å². The number of fused-ring (bicyclic) bond motifs is 1. The average molecular weight is 274 g/mol. The molecule has 0 bridgehead atoms. The molecule has 1 atom stereocenters. The molecule has 2 aromatic carbocycles. The second-order valence-electron chi connectivity index (χ2n) is 4.58. The lowest BCUT2D eigenvalue weighted by Crippen LogP contribution is -2.05. The lowest BCUT2D eigenvalue weighted by atomic mass is 10.00. The number of carbonyl (C=O) groups excluding carboxylic acids is 1. The molecule has 100 valence electrons. The van der Waals surface area contributed by atoms with Gasteiger partial charge in [0, 0.05) is 17.7 Å². The molecule has 2 aromatic rings. The van der Waals surface area contributed by atoms with Crippen molar-refractivity contribution >= 4 is 28.3 Å². The Morgan fingerprint density at radius 2 is 1.89 bits per heavy atom. The minimum Gasteiger partial charge on any atom is -0.388 e.